The number of thiophene rings is 1. The van der Waals surface area contributed by atoms with Crippen LogP contribution in [0.1, 0.15) is 67.9 Å². The Balaban J connectivity index is 1.60. The smallest absolute Gasteiger partial charge is 0.263 e. The average Bonchev–Trinajstić information content (AvgIpc) is 3.12. The van der Waals surface area contributed by atoms with E-state index in [9.17, 15) is 14.4 Å². The van der Waals surface area contributed by atoms with Gasteiger partial charge in [0.25, 0.3) is 5.56 Å². The molecule has 2 unspecified atom stereocenters. The predicted molar refractivity (Wildman–Crippen MR) is 129 cm³/mol. The minimum absolute atomic E-state index is 0.0323. The van der Waals surface area contributed by atoms with Gasteiger partial charge in [0.05, 0.1) is 11.7 Å². The molecule has 168 valence electrons. The van der Waals surface area contributed by atoms with E-state index in [1.807, 2.05) is 0 Å². The number of aryl methyl sites for hydroxylation is 1. The number of hydrogen-bond donors (Lipinski definition) is 1. The van der Waals surface area contributed by atoms with Crippen molar-refractivity contribution in [2.24, 2.45) is 11.3 Å². The van der Waals surface area contributed by atoms with Gasteiger partial charge in [-0.3, -0.25) is 19.0 Å². The maximum atomic E-state index is 13.4. The number of hydrogen-bond acceptors (Lipinski definition) is 5. The molecule has 6 nitrogen and oxygen atoms in total. The fourth-order valence-corrected chi connectivity index (χ4v) is 5.61. The highest BCUT2D eigenvalue weighted by Gasteiger charge is 2.32. The summed E-state index contributed by atoms with van der Waals surface area (Å²) in [5.74, 6) is 0.250. The van der Waals surface area contributed by atoms with Gasteiger partial charge in [-0.05, 0) is 74.3 Å². The zero-order valence-electron chi connectivity index (χ0n) is 19.2. The fourth-order valence-electron chi connectivity index (χ4n) is 4.36. The van der Waals surface area contributed by atoms with E-state index in [1.54, 1.807) is 42.5 Å². The third-order valence-corrected chi connectivity index (χ3v) is 7.74. The van der Waals surface area contributed by atoms with E-state index >= 15 is 0 Å². The second-order valence-corrected chi connectivity index (χ2v) is 10.8. The number of nitrogens with one attached hydrogen (secondary N) is 1. The number of ketones is 1. The van der Waals surface area contributed by atoms with Crippen LogP contribution in [-0.4, -0.2) is 21.2 Å². The molecule has 0 radical (unpaired) electrons. The molecule has 4 rings (SSSR count). The van der Waals surface area contributed by atoms with Gasteiger partial charge in [0.15, 0.2) is 5.78 Å². The number of anilines is 1. The Bertz CT molecular complexity index is 1250. The van der Waals surface area contributed by atoms with Crippen molar-refractivity contribution >= 4 is 38.9 Å². The summed E-state index contributed by atoms with van der Waals surface area (Å²) in [6, 6.07) is 6.00. The van der Waals surface area contributed by atoms with Crippen LogP contribution in [0.4, 0.5) is 5.69 Å². The summed E-state index contributed by atoms with van der Waals surface area (Å²) in [6.07, 6.45) is 4.40. The van der Waals surface area contributed by atoms with Gasteiger partial charge < -0.3 is 5.32 Å². The van der Waals surface area contributed by atoms with Crippen LogP contribution in [0.5, 0.6) is 0 Å². The SMILES string of the molecule is CC(=O)c1ccc(NC(=O)C(C)n2cnc3sc4c(c3c2=O)CCC(C(C)(C)C)C4)cc1. The second-order valence-electron chi connectivity index (χ2n) is 9.75. The molecular weight excluding hydrogens is 422 g/mol. The minimum atomic E-state index is -0.714. The number of amides is 1. The molecule has 1 N–H and O–H groups in total. The Morgan fingerprint density at radius 1 is 1.22 bits per heavy atom. The average molecular weight is 452 g/mol. The quantitative estimate of drug-likeness (QED) is 0.565. The number of carbonyl (C=O) groups excluding carboxylic acids is 2. The third kappa shape index (κ3) is 4.13. The van der Waals surface area contributed by atoms with Crippen LogP contribution in [0, 0.1) is 11.3 Å². The van der Waals surface area contributed by atoms with Crippen LogP contribution in [0.25, 0.3) is 10.2 Å². The highest BCUT2D eigenvalue weighted by Crippen LogP contribution is 2.42. The molecule has 1 aromatic carbocycles. The van der Waals surface area contributed by atoms with Crippen molar-refractivity contribution < 1.29 is 9.59 Å². The molecule has 0 saturated carbocycles. The first-order chi connectivity index (χ1) is 15.1. The van der Waals surface area contributed by atoms with E-state index in [2.05, 4.69) is 31.1 Å². The van der Waals surface area contributed by atoms with Crippen molar-refractivity contribution in [1.82, 2.24) is 9.55 Å². The highest BCUT2D eigenvalue weighted by atomic mass is 32.1. The normalized spacial score (nSPS) is 17.1. The molecule has 2 heterocycles. The molecule has 2 aromatic heterocycles. The molecule has 32 heavy (non-hydrogen) atoms. The molecule has 0 bridgehead atoms. The van der Waals surface area contributed by atoms with Crippen molar-refractivity contribution in [2.75, 3.05) is 5.32 Å². The minimum Gasteiger partial charge on any atom is -0.324 e. The summed E-state index contributed by atoms with van der Waals surface area (Å²) < 4.78 is 1.42. The van der Waals surface area contributed by atoms with E-state index in [1.165, 1.54) is 22.7 Å². The van der Waals surface area contributed by atoms with Crippen molar-refractivity contribution in [1.29, 1.82) is 0 Å². The molecule has 7 heteroatoms. The largest absolute Gasteiger partial charge is 0.324 e. The Hall–Kier alpha value is -2.80. The zero-order chi connectivity index (χ0) is 23.2. The molecule has 0 spiro atoms. The number of aromatic nitrogens is 2. The van der Waals surface area contributed by atoms with Crippen molar-refractivity contribution in [3.63, 3.8) is 0 Å². The number of carbonyl (C=O) groups is 2. The Morgan fingerprint density at radius 3 is 2.53 bits per heavy atom. The van der Waals surface area contributed by atoms with E-state index < -0.39 is 6.04 Å². The Labute approximate surface area is 191 Å². The number of fused-ring (bicyclic) bond motifs is 3. The van der Waals surface area contributed by atoms with Gasteiger partial charge in [0.2, 0.25) is 5.91 Å². The maximum Gasteiger partial charge on any atom is 0.263 e. The number of nitrogens with zero attached hydrogens (tertiary/aromatic N) is 2. The first kappa shape index (κ1) is 22.4. The van der Waals surface area contributed by atoms with Crippen LogP contribution in [0.2, 0.25) is 0 Å². The van der Waals surface area contributed by atoms with Crippen LogP contribution in [0.15, 0.2) is 35.4 Å². The van der Waals surface area contributed by atoms with E-state index in [4.69, 9.17) is 0 Å². The van der Waals surface area contributed by atoms with Crippen LogP contribution in [-0.2, 0) is 17.6 Å². The van der Waals surface area contributed by atoms with Gasteiger partial charge in [0.1, 0.15) is 10.9 Å². The van der Waals surface area contributed by atoms with Crippen LogP contribution in [0.3, 0.4) is 0 Å². The second kappa shape index (κ2) is 8.28. The monoisotopic (exact) mass is 451 g/mol. The predicted octanol–water partition coefficient (Wildman–Crippen LogP) is 5.01. The summed E-state index contributed by atoms with van der Waals surface area (Å²) >= 11 is 1.62. The molecule has 3 aromatic rings. The lowest BCUT2D eigenvalue weighted by atomic mass is 9.72. The summed E-state index contributed by atoms with van der Waals surface area (Å²) in [6.45, 7) is 10.0. The van der Waals surface area contributed by atoms with Gasteiger partial charge in [-0.25, -0.2) is 4.98 Å². The Kier molecular flexibility index (Phi) is 5.79. The van der Waals surface area contributed by atoms with Crippen molar-refractivity contribution in [3.05, 3.63) is 57.0 Å². The topological polar surface area (TPSA) is 81.1 Å². The molecule has 0 saturated heterocycles. The van der Waals surface area contributed by atoms with Gasteiger partial charge in [-0.2, -0.15) is 0 Å². The summed E-state index contributed by atoms with van der Waals surface area (Å²) in [4.78, 5) is 44.2. The Morgan fingerprint density at radius 2 is 1.91 bits per heavy atom. The summed E-state index contributed by atoms with van der Waals surface area (Å²) in [7, 11) is 0. The molecule has 0 aliphatic heterocycles. The van der Waals surface area contributed by atoms with Gasteiger partial charge >= 0.3 is 0 Å². The summed E-state index contributed by atoms with van der Waals surface area (Å²) in [5.41, 5.74) is 2.35. The van der Waals surface area contributed by atoms with Gasteiger partial charge in [0, 0.05) is 16.1 Å². The van der Waals surface area contributed by atoms with E-state index in [0.717, 1.165) is 29.7 Å². The molecular formula is C25H29N3O3S. The van der Waals surface area contributed by atoms with Gasteiger partial charge in [-0.15, -0.1) is 11.3 Å². The molecule has 1 aliphatic carbocycles. The molecule has 0 fully saturated rings. The molecule has 2 atom stereocenters. The van der Waals surface area contributed by atoms with Crippen molar-refractivity contribution in [3.8, 4) is 0 Å². The fraction of sp³-hybridized carbons (Fsp3) is 0.440. The lowest BCUT2D eigenvalue weighted by Gasteiger charge is -2.33. The van der Waals surface area contributed by atoms with Crippen LogP contribution >= 0.6 is 11.3 Å². The van der Waals surface area contributed by atoms with E-state index in [-0.39, 0.29) is 22.7 Å². The van der Waals surface area contributed by atoms with Crippen LogP contribution < -0.4 is 10.9 Å². The molecule has 1 amide bonds. The zero-order valence-corrected chi connectivity index (χ0v) is 20.0. The standard InChI is InChI=1S/C25H29N3O3S/c1-14(22(30)27-18-9-6-16(7-10-18)15(2)29)28-13-26-23-21(24(28)31)19-11-8-17(25(3,4)5)12-20(19)32-23/h6-7,9-10,13-14,17H,8,11-12H2,1-5H3,(H,27,30). The lowest BCUT2D eigenvalue weighted by Crippen LogP contribution is -2.32. The number of benzene rings is 1. The van der Waals surface area contributed by atoms with Crippen molar-refractivity contribution in [2.45, 2.75) is 59.9 Å². The maximum absolute atomic E-state index is 13.4. The number of rotatable bonds is 4. The molecule has 1 aliphatic rings. The third-order valence-electron chi connectivity index (χ3n) is 6.57. The summed E-state index contributed by atoms with van der Waals surface area (Å²) in [5, 5.41) is 3.50. The first-order valence-corrected chi connectivity index (χ1v) is 11.8. The lowest BCUT2D eigenvalue weighted by molar-refractivity contribution is -0.118. The van der Waals surface area contributed by atoms with Gasteiger partial charge in [-0.1, -0.05) is 20.8 Å². The highest BCUT2D eigenvalue weighted by molar-refractivity contribution is 7.18. The van der Waals surface area contributed by atoms with E-state index in [0.29, 0.717) is 22.6 Å². The number of Topliss-reactive ketones (excluding diaryl/α,β-unsaturated/α-hetero) is 1. The first-order valence-electron chi connectivity index (χ1n) is 11.0.